The van der Waals surface area contributed by atoms with Gasteiger partial charge in [-0.3, -0.25) is 4.79 Å². The van der Waals surface area contributed by atoms with Gasteiger partial charge in [-0.15, -0.1) is 0 Å². The van der Waals surface area contributed by atoms with Gasteiger partial charge in [-0.05, 0) is 43.0 Å². The van der Waals surface area contributed by atoms with Crippen LogP contribution in [0.1, 0.15) is 24.8 Å². The number of nitrogens with zero attached hydrogens (tertiary/aromatic N) is 1. The molecule has 0 spiro atoms. The molecule has 1 N–H and O–H groups in total. The van der Waals surface area contributed by atoms with E-state index in [2.05, 4.69) is 34.5 Å². The number of carbonyl (C=O) groups excluding carboxylic acids is 1. The van der Waals surface area contributed by atoms with E-state index >= 15 is 0 Å². The lowest BCUT2D eigenvalue weighted by atomic mass is 10.1. The summed E-state index contributed by atoms with van der Waals surface area (Å²) in [5.41, 5.74) is 3.30. The third-order valence-corrected chi connectivity index (χ3v) is 4.08. The number of amides is 1. The van der Waals surface area contributed by atoms with E-state index in [0.29, 0.717) is 6.42 Å². The van der Waals surface area contributed by atoms with Gasteiger partial charge in [0.2, 0.25) is 5.91 Å². The van der Waals surface area contributed by atoms with Gasteiger partial charge in [0.15, 0.2) is 0 Å². The van der Waals surface area contributed by atoms with Gasteiger partial charge in [-0.2, -0.15) is 0 Å². The van der Waals surface area contributed by atoms with Crippen molar-refractivity contribution in [2.45, 2.75) is 25.7 Å². The molecule has 2 aromatic carbocycles. The van der Waals surface area contributed by atoms with E-state index < -0.39 is 0 Å². The minimum absolute atomic E-state index is 0.0717. The summed E-state index contributed by atoms with van der Waals surface area (Å²) in [6.07, 6.45) is 3.80. The van der Waals surface area contributed by atoms with Gasteiger partial charge < -0.3 is 10.2 Å². The van der Waals surface area contributed by atoms with Crippen LogP contribution in [0.25, 0.3) is 0 Å². The zero-order chi connectivity index (χ0) is 15.2. The van der Waals surface area contributed by atoms with Crippen molar-refractivity contribution in [3.05, 3.63) is 60.2 Å². The quantitative estimate of drug-likeness (QED) is 0.908. The molecule has 0 bridgehead atoms. The molecule has 22 heavy (non-hydrogen) atoms. The fraction of sp³-hybridized carbons (Fsp3) is 0.316. The Morgan fingerprint density at radius 1 is 1.00 bits per heavy atom. The van der Waals surface area contributed by atoms with E-state index in [1.165, 1.54) is 24.1 Å². The normalized spacial score (nSPS) is 14.1. The summed E-state index contributed by atoms with van der Waals surface area (Å²) >= 11 is 0. The van der Waals surface area contributed by atoms with Crippen LogP contribution in [0.15, 0.2) is 54.6 Å². The van der Waals surface area contributed by atoms with Crippen molar-refractivity contribution in [1.29, 1.82) is 0 Å². The summed E-state index contributed by atoms with van der Waals surface area (Å²) in [5.74, 6) is 0.0717. The maximum absolute atomic E-state index is 12.1. The van der Waals surface area contributed by atoms with Crippen LogP contribution in [-0.4, -0.2) is 19.0 Å². The zero-order valence-corrected chi connectivity index (χ0v) is 12.8. The molecule has 3 heteroatoms. The largest absolute Gasteiger partial charge is 0.371 e. The van der Waals surface area contributed by atoms with Gasteiger partial charge in [0, 0.05) is 30.9 Å². The molecule has 1 heterocycles. The van der Waals surface area contributed by atoms with Crippen molar-refractivity contribution < 1.29 is 4.79 Å². The molecule has 0 saturated carbocycles. The molecule has 2 aromatic rings. The highest BCUT2D eigenvalue weighted by Crippen LogP contribution is 2.23. The van der Waals surface area contributed by atoms with E-state index in [4.69, 9.17) is 0 Å². The van der Waals surface area contributed by atoms with Gasteiger partial charge in [0.1, 0.15) is 0 Å². The predicted molar refractivity (Wildman–Crippen MR) is 91.3 cm³/mol. The topological polar surface area (TPSA) is 32.3 Å². The summed E-state index contributed by atoms with van der Waals surface area (Å²) in [5, 5.41) is 3.01. The van der Waals surface area contributed by atoms with Crippen LogP contribution in [0.3, 0.4) is 0 Å². The molecule has 0 aromatic heterocycles. The lowest BCUT2D eigenvalue weighted by Crippen LogP contribution is -2.18. The highest BCUT2D eigenvalue weighted by Gasteiger charge is 2.12. The van der Waals surface area contributed by atoms with Crippen LogP contribution in [0, 0.1) is 0 Å². The van der Waals surface area contributed by atoms with Gasteiger partial charge >= 0.3 is 0 Å². The Balaban J connectivity index is 1.56. The Bertz CT molecular complexity index is 618. The van der Waals surface area contributed by atoms with E-state index in [9.17, 15) is 4.79 Å². The maximum atomic E-state index is 12.1. The van der Waals surface area contributed by atoms with Crippen molar-refractivity contribution in [3.63, 3.8) is 0 Å². The van der Waals surface area contributed by atoms with Crippen LogP contribution in [0.2, 0.25) is 0 Å². The molecule has 1 aliphatic rings. The maximum Gasteiger partial charge on any atom is 0.224 e. The van der Waals surface area contributed by atoms with Crippen LogP contribution in [-0.2, 0) is 11.2 Å². The Morgan fingerprint density at radius 3 is 2.55 bits per heavy atom. The summed E-state index contributed by atoms with van der Waals surface area (Å²) < 4.78 is 0. The number of carbonyl (C=O) groups is 1. The van der Waals surface area contributed by atoms with E-state index in [1.54, 1.807) is 0 Å². The Kier molecular flexibility index (Phi) is 4.74. The molecule has 0 unspecified atom stereocenters. The Hall–Kier alpha value is -2.29. The molecule has 1 saturated heterocycles. The second-order valence-electron chi connectivity index (χ2n) is 5.78. The van der Waals surface area contributed by atoms with Crippen LogP contribution in [0.5, 0.6) is 0 Å². The summed E-state index contributed by atoms with van der Waals surface area (Å²) in [6, 6.07) is 18.3. The molecule has 1 fully saturated rings. The first-order valence-electron chi connectivity index (χ1n) is 8.00. The first-order chi connectivity index (χ1) is 10.8. The van der Waals surface area contributed by atoms with Crippen LogP contribution < -0.4 is 10.2 Å². The van der Waals surface area contributed by atoms with Crippen molar-refractivity contribution in [2.24, 2.45) is 0 Å². The van der Waals surface area contributed by atoms with Gasteiger partial charge in [0.25, 0.3) is 0 Å². The van der Waals surface area contributed by atoms with E-state index in [0.717, 1.165) is 25.2 Å². The van der Waals surface area contributed by atoms with Gasteiger partial charge in [-0.25, -0.2) is 0 Å². The highest BCUT2D eigenvalue weighted by atomic mass is 16.1. The minimum Gasteiger partial charge on any atom is -0.371 e. The monoisotopic (exact) mass is 294 g/mol. The fourth-order valence-corrected chi connectivity index (χ4v) is 2.88. The van der Waals surface area contributed by atoms with Crippen LogP contribution in [0.4, 0.5) is 11.4 Å². The number of hydrogen-bond acceptors (Lipinski definition) is 2. The van der Waals surface area contributed by atoms with E-state index in [-0.39, 0.29) is 5.91 Å². The smallest absolute Gasteiger partial charge is 0.224 e. The number of rotatable bonds is 5. The molecule has 1 amide bonds. The standard InChI is InChI=1S/C19H22N2O/c22-19(12-11-16-7-2-1-3-8-16)20-17-9-6-10-18(15-17)21-13-4-5-14-21/h1-3,6-10,15H,4-5,11-14H2,(H,20,22). The number of nitrogens with one attached hydrogen (secondary N) is 1. The fourth-order valence-electron chi connectivity index (χ4n) is 2.88. The highest BCUT2D eigenvalue weighted by molar-refractivity contribution is 5.91. The Labute approximate surface area is 132 Å². The SMILES string of the molecule is O=C(CCc1ccccc1)Nc1cccc(N2CCCC2)c1. The summed E-state index contributed by atoms with van der Waals surface area (Å²) in [4.78, 5) is 14.5. The van der Waals surface area contributed by atoms with Gasteiger partial charge in [0.05, 0.1) is 0 Å². The molecule has 0 atom stereocenters. The molecule has 3 nitrogen and oxygen atoms in total. The van der Waals surface area contributed by atoms with Crippen molar-refractivity contribution in [1.82, 2.24) is 0 Å². The van der Waals surface area contributed by atoms with Gasteiger partial charge in [-0.1, -0.05) is 36.4 Å². The van der Waals surface area contributed by atoms with Crippen molar-refractivity contribution in [2.75, 3.05) is 23.3 Å². The number of aryl methyl sites for hydroxylation is 1. The minimum atomic E-state index is 0.0717. The molecule has 0 aliphatic carbocycles. The molecular weight excluding hydrogens is 272 g/mol. The predicted octanol–water partition coefficient (Wildman–Crippen LogP) is 3.86. The average Bonchev–Trinajstić information content (AvgIpc) is 3.09. The van der Waals surface area contributed by atoms with E-state index in [1.807, 2.05) is 30.3 Å². The summed E-state index contributed by atoms with van der Waals surface area (Å²) in [7, 11) is 0. The Morgan fingerprint density at radius 2 is 1.77 bits per heavy atom. The van der Waals surface area contributed by atoms with Crippen molar-refractivity contribution in [3.8, 4) is 0 Å². The second-order valence-corrected chi connectivity index (χ2v) is 5.78. The number of hydrogen-bond donors (Lipinski definition) is 1. The lowest BCUT2D eigenvalue weighted by molar-refractivity contribution is -0.116. The average molecular weight is 294 g/mol. The zero-order valence-electron chi connectivity index (χ0n) is 12.8. The van der Waals surface area contributed by atoms with Crippen molar-refractivity contribution >= 4 is 17.3 Å². The first kappa shape index (κ1) is 14.6. The third kappa shape index (κ3) is 3.88. The lowest BCUT2D eigenvalue weighted by Gasteiger charge is -2.18. The summed E-state index contributed by atoms with van der Waals surface area (Å²) in [6.45, 7) is 2.23. The number of anilines is 2. The molecule has 1 aliphatic heterocycles. The first-order valence-corrected chi connectivity index (χ1v) is 8.00. The second kappa shape index (κ2) is 7.12. The van der Waals surface area contributed by atoms with Crippen LogP contribution >= 0.6 is 0 Å². The third-order valence-electron chi connectivity index (χ3n) is 4.08. The number of benzene rings is 2. The molecule has 0 radical (unpaired) electrons. The molecular formula is C19H22N2O. The molecule has 114 valence electrons. The molecule has 3 rings (SSSR count).